The van der Waals surface area contributed by atoms with Crippen LogP contribution in [0.15, 0.2) is 0 Å². The Hall–Kier alpha value is -1.26. The second-order valence-corrected chi connectivity index (χ2v) is 2.90. The first-order chi connectivity index (χ1) is 6.07. The number of unbranched alkanes of at least 4 members (excludes halogenated alkanes) is 2. The van der Waals surface area contributed by atoms with Gasteiger partial charge in [0.2, 0.25) is 0 Å². The predicted molar refractivity (Wildman–Crippen MR) is 48.3 cm³/mol. The summed E-state index contributed by atoms with van der Waals surface area (Å²) in [5.74, 6) is -1.03. The van der Waals surface area contributed by atoms with Gasteiger partial charge in [0.05, 0.1) is 0 Å². The first kappa shape index (κ1) is 11.7. The first-order valence-corrected chi connectivity index (χ1v) is 4.36. The van der Waals surface area contributed by atoms with E-state index in [0.29, 0.717) is 6.42 Å². The topological polar surface area (TPSA) is 92.4 Å². The molecule has 5 heteroatoms. The molecule has 0 aromatic rings. The Morgan fingerprint density at radius 1 is 1.46 bits per heavy atom. The van der Waals surface area contributed by atoms with E-state index in [9.17, 15) is 9.59 Å². The second kappa shape index (κ2) is 6.28. The van der Waals surface area contributed by atoms with Crippen LogP contribution in [0.3, 0.4) is 0 Å². The molecule has 0 aromatic carbocycles. The lowest BCUT2D eigenvalue weighted by Crippen LogP contribution is -2.43. The minimum atomic E-state index is -1.03. The van der Waals surface area contributed by atoms with Gasteiger partial charge >= 0.3 is 12.0 Å². The molecule has 0 aliphatic carbocycles. The summed E-state index contributed by atoms with van der Waals surface area (Å²) < 4.78 is 0. The third kappa shape index (κ3) is 5.95. The predicted octanol–water partition coefficient (Wildman–Crippen LogP) is 0.688. The molecule has 4 N–H and O–H groups in total. The number of carbonyl (C=O) groups is 2. The monoisotopic (exact) mass is 188 g/mol. The highest BCUT2D eigenvalue weighted by Crippen LogP contribution is 2.03. The Labute approximate surface area is 77.3 Å². The maximum Gasteiger partial charge on any atom is 0.326 e. The smallest absolute Gasteiger partial charge is 0.326 e. The lowest BCUT2D eigenvalue weighted by atomic mass is 10.1. The zero-order valence-corrected chi connectivity index (χ0v) is 7.75. The molecular weight excluding hydrogens is 172 g/mol. The van der Waals surface area contributed by atoms with Crippen LogP contribution in [-0.4, -0.2) is 23.1 Å². The summed E-state index contributed by atoms with van der Waals surface area (Å²) in [5, 5.41) is 10.8. The van der Waals surface area contributed by atoms with Gasteiger partial charge in [0, 0.05) is 0 Å². The molecule has 0 heterocycles. The van der Waals surface area contributed by atoms with Gasteiger partial charge in [-0.1, -0.05) is 26.2 Å². The molecule has 0 saturated carbocycles. The molecule has 0 aliphatic rings. The van der Waals surface area contributed by atoms with E-state index in [1.54, 1.807) is 0 Å². The van der Waals surface area contributed by atoms with E-state index >= 15 is 0 Å². The summed E-state index contributed by atoms with van der Waals surface area (Å²) >= 11 is 0. The van der Waals surface area contributed by atoms with Gasteiger partial charge in [-0.25, -0.2) is 9.59 Å². The van der Waals surface area contributed by atoms with Crippen LogP contribution in [0.5, 0.6) is 0 Å². The van der Waals surface area contributed by atoms with Crippen LogP contribution in [0.25, 0.3) is 0 Å². The number of hydrogen-bond donors (Lipinski definition) is 3. The maximum atomic E-state index is 10.6. The van der Waals surface area contributed by atoms with Crippen LogP contribution in [0.4, 0.5) is 4.79 Å². The molecule has 1 unspecified atom stereocenters. The van der Waals surface area contributed by atoms with Crippen LogP contribution in [0.1, 0.15) is 32.6 Å². The quantitative estimate of drug-likeness (QED) is 0.535. The fourth-order valence-electron chi connectivity index (χ4n) is 1.03. The third-order valence-electron chi connectivity index (χ3n) is 1.71. The standard InChI is InChI=1S/C8H16N2O3/c1-2-3-4-5-6(7(11)12)10-8(9)13/h6H,2-5H2,1H3,(H,11,12)(H3,9,10,13). The molecule has 0 rings (SSSR count). The number of primary amides is 1. The second-order valence-electron chi connectivity index (χ2n) is 2.90. The molecule has 0 saturated heterocycles. The number of amides is 2. The lowest BCUT2D eigenvalue weighted by Gasteiger charge is -2.11. The summed E-state index contributed by atoms with van der Waals surface area (Å²) in [7, 11) is 0. The van der Waals surface area contributed by atoms with Gasteiger partial charge in [-0.05, 0) is 6.42 Å². The van der Waals surface area contributed by atoms with Crippen molar-refractivity contribution in [1.29, 1.82) is 0 Å². The Kier molecular flexibility index (Phi) is 5.67. The largest absolute Gasteiger partial charge is 0.480 e. The number of nitrogens with two attached hydrogens (primary N) is 1. The number of carboxylic acid groups (broad SMARTS) is 1. The van der Waals surface area contributed by atoms with Crippen molar-refractivity contribution in [3.63, 3.8) is 0 Å². The maximum absolute atomic E-state index is 10.6. The van der Waals surface area contributed by atoms with E-state index in [1.165, 1.54) is 0 Å². The minimum Gasteiger partial charge on any atom is -0.480 e. The number of aliphatic carboxylic acids is 1. The molecule has 0 aromatic heterocycles. The molecule has 0 radical (unpaired) electrons. The van der Waals surface area contributed by atoms with Gasteiger partial charge in [0.15, 0.2) is 0 Å². The molecule has 0 bridgehead atoms. The van der Waals surface area contributed by atoms with Gasteiger partial charge in [-0.15, -0.1) is 0 Å². The summed E-state index contributed by atoms with van der Waals surface area (Å²) in [6.45, 7) is 2.03. The fourth-order valence-corrected chi connectivity index (χ4v) is 1.03. The Balaban J connectivity index is 3.81. The molecule has 5 nitrogen and oxygen atoms in total. The van der Waals surface area contributed by atoms with Gasteiger partial charge in [-0.3, -0.25) is 0 Å². The number of rotatable bonds is 6. The third-order valence-corrected chi connectivity index (χ3v) is 1.71. The summed E-state index contributed by atoms with van der Waals surface area (Å²) in [6, 6.07) is -1.63. The molecule has 1 atom stereocenters. The van der Waals surface area contributed by atoms with E-state index in [4.69, 9.17) is 10.8 Å². The highest BCUT2D eigenvalue weighted by atomic mass is 16.4. The number of hydrogen-bond acceptors (Lipinski definition) is 2. The zero-order chi connectivity index (χ0) is 10.3. The summed E-state index contributed by atoms with van der Waals surface area (Å²) in [4.78, 5) is 21.0. The molecular formula is C8H16N2O3. The Bertz CT molecular complexity index is 182. The van der Waals surface area contributed by atoms with E-state index in [0.717, 1.165) is 19.3 Å². The van der Waals surface area contributed by atoms with Crippen molar-refractivity contribution in [1.82, 2.24) is 5.32 Å². The number of urea groups is 1. The van der Waals surface area contributed by atoms with Gasteiger partial charge in [0.25, 0.3) is 0 Å². The minimum absolute atomic E-state index is 0.437. The highest BCUT2D eigenvalue weighted by Gasteiger charge is 2.17. The molecule has 13 heavy (non-hydrogen) atoms. The van der Waals surface area contributed by atoms with Crippen molar-refractivity contribution in [2.24, 2.45) is 5.73 Å². The van der Waals surface area contributed by atoms with Crippen LogP contribution in [0, 0.1) is 0 Å². The Morgan fingerprint density at radius 2 is 2.08 bits per heavy atom. The molecule has 76 valence electrons. The van der Waals surface area contributed by atoms with Crippen LogP contribution >= 0.6 is 0 Å². The normalized spacial score (nSPS) is 12.1. The van der Waals surface area contributed by atoms with E-state index < -0.39 is 18.0 Å². The molecule has 2 amide bonds. The highest BCUT2D eigenvalue weighted by molar-refractivity contribution is 5.81. The molecule has 0 aliphatic heterocycles. The summed E-state index contributed by atoms with van der Waals surface area (Å²) in [6.07, 6.45) is 3.20. The number of carboxylic acids is 1. The van der Waals surface area contributed by atoms with Crippen molar-refractivity contribution in [2.75, 3.05) is 0 Å². The molecule has 0 spiro atoms. The number of nitrogens with one attached hydrogen (secondary N) is 1. The van der Waals surface area contributed by atoms with E-state index in [2.05, 4.69) is 5.32 Å². The lowest BCUT2D eigenvalue weighted by molar-refractivity contribution is -0.139. The van der Waals surface area contributed by atoms with Crippen molar-refractivity contribution in [3.05, 3.63) is 0 Å². The Morgan fingerprint density at radius 3 is 2.46 bits per heavy atom. The van der Waals surface area contributed by atoms with E-state index in [-0.39, 0.29) is 0 Å². The summed E-state index contributed by atoms with van der Waals surface area (Å²) in [5.41, 5.74) is 4.82. The average molecular weight is 188 g/mol. The van der Waals surface area contributed by atoms with Crippen molar-refractivity contribution >= 4 is 12.0 Å². The fraction of sp³-hybridized carbons (Fsp3) is 0.750. The van der Waals surface area contributed by atoms with Crippen LogP contribution < -0.4 is 11.1 Å². The first-order valence-electron chi connectivity index (χ1n) is 4.36. The van der Waals surface area contributed by atoms with Gasteiger partial charge < -0.3 is 16.2 Å². The zero-order valence-electron chi connectivity index (χ0n) is 7.75. The van der Waals surface area contributed by atoms with Crippen molar-refractivity contribution in [3.8, 4) is 0 Å². The molecule has 0 fully saturated rings. The van der Waals surface area contributed by atoms with E-state index in [1.807, 2.05) is 6.92 Å². The van der Waals surface area contributed by atoms with Gasteiger partial charge in [0.1, 0.15) is 6.04 Å². The van der Waals surface area contributed by atoms with Crippen molar-refractivity contribution in [2.45, 2.75) is 38.6 Å². The van der Waals surface area contributed by atoms with Crippen LogP contribution in [-0.2, 0) is 4.79 Å². The van der Waals surface area contributed by atoms with Gasteiger partial charge in [-0.2, -0.15) is 0 Å². The number of carbonyl (C=O) groups excluding carboxylic acids is 1. The van der Waals surface area contributed by atoms with Crippen LogP contribution in [0.2, 0.25) is 0 Å². The SMILES string of the molecule is CCCCCC(NC(N)=O)C(=O)O. The average Bonchev–Trinajstić information content (AvgIpc) is 2.02. The van der Waals surface area contributed by atoms with Crippen molar-refractivity contribution < 1.29 is 14.7 Å².